The molecule has 0 saturated carbocycles. The normalized spacial score (nSPS) is 12.9. The average molecular weight is 253 g/mol. The fourth-order valence-corrected chi connectivity index (χ4v) is 1.35. The van der Waals surface area contributed by atoms with Gasteiger partial charge in [0.25, 0.3) is 5.91 Å². The fraction of sp³-hybridized carbons (Fsp3) is 0.538. The van der Waals surface area contributed by atoms with Crippen LogP contribution in [0.3, 0.4) is 0 Å². The molecule has 1 aromatic heterocycles. The van der Waals surface area contributed by atoms with Crippen molar-refractivity contribution in [2.75, 3.05) is 0 Å². The second-order valence-electron chi connectivity index (χ2n) is 5.02. The van der Waals surface area contributed by atoms with E-state index < -0.39 is 12.1 Å². The third-order valence-electron chi connectivity index (χ3n) is 2.13. The summed E-state index contributed by atoms with van der Waals surface area (Å²) in [6.07, 6.45) is 0.989. The van der Waals surface area contributed by atoms with Crippen molar-refractivity contribution in [3.8, 4) is 0 Å². The Morgan fingerprint density at radius 1 is 1.44 bits per heavy atom. The van der Waals surface area contributed by atoms with Gasteiger partial charge in [0.1, 0.15) is 0 Å². The molecule has 1 heterocycles. The number of nitrogens with one attached hydrogen (secondary N) is 1. The molecule has 0 unspecified atom stereocenters. The summed E-state index contributed by atoms with van der Waals surface area (Å²) >= 11 is 0. The van der Waals surface area contributed by atoms with Crippen LogP contribution in [0.15, 0.2) is 22.8 Å². The predicted molar refractivity (Wildman–Crippen MR) is 66.1 cm³/mol. The average Bonchev–Trinajstić information content (AvgIpc) is 2.76. The van der Waals surface area contributed by atoms with E-state index in [4.69, 9.17) is 9.15 Å². The molecular formula is C13H19NO4. The van der Waals surface area contributed by atoms with Gasteiger partial charge in [-0.25, -0.2) is 4.79 Å². The van der Waals surface area contributed by atoms with Gasteiger partial charge in [-0.05, 0) is 39.3 Å². The number of carbonyl (C=O) groups excluding carboxylic acids is 2. The molecule has 1 amide bonds. The van der Waals surface area contributed by atoms with Gasteiger partial charge in [0.15, 0.2) is 6.10 Å². The minimum Gasteiger partial charge on any atom is -0.457 e. The minimum atomic E-state index is -0.804. The molecule has 18 heavy (non-hydrogen) atoms. The molecule has 0 aromatic carbocycles. The standard InChI is InChI=1S/C13H19NO4/c1-5-9(11(15)14-13(2,3)4)18-12(16)10-7-6-8-17-10/h6-9H,5H2,1-4H3,(H,14,15)/t9-/m1/s1. The number of amides is 1. The number of hydrogen-bond acceptors (Lipinski definition) is 4. The van der Waals surface area contributed by atoms with Crippen LogP contribution in [0.5, 0.6) is 0 Å². The Bertz CT molecular complexity index is 403. The molecule has 1 N–H and O–H groups in total. The first-order chi connectivity index (χ1) is 8.33. The van der Waals surface area contributed by atoms with Crippen LogP contribution in [-0.4, -0.2) is 23.5 Å². The monoisotopic (exact) mass is 253 g/mol. The quantitative estimate of drug-likeness (QED) is 0.835. The first-order valence-corrected chi connectivity index (χ1v) is 5.90. The van der Waals surface area contributed by atoms with Gasteiger partial charge in [-0.15, -0.1) is 0 Å². The zero-order valence-corrected chi connectivity index (χ0v) is 11.1. The van der Waals surface area contributed by atoms with E-state index in [0.29, 0.717) is 6.42 Å². The Balaban J connectivity index is 2.62. The van der Waals surface area contributed by atoms with Crippen molar-refractivity contribution in [1.82, 2.24) is 5.32 Å². The van der Waals surface area contributed by atoms with Crippen molar-refractivity contribution < 1.29 is 18.7 Å². The molecule has 5 heteroatoms. The lowest BCUT2D eigenvalue weighted by Gasteiger charge is -2.24. The summed E-state index contributed by atoms with van der Waals surface area (Å²) in [5.41, 5.74) is -0.360. The molecule has 0 aliphatic heterocycles. The maximum absolute atomic E-state index is 11.9. The molecule has 0 bridgehead atoms. The van der Waals surface area contributed by atoms with Gasteiger partial charge < -0.3 is 14.5 Å². The number of rotatable bonds is 4. The van der Waals surface area contributed by atoms with Gasteiger partial charge in [-0.3, -0.25) is 4.79 Å². The van der Waals surface area contributed by atoms with Crippen LogP contribution in [-0.2, 0) is 9.53 Å². The zero-order chi connectivity index (χ0) is 13.8. The van der Waals surface area contributed by atoms with Gasteiger partial charge in [0, 0.05) is 5.54 Å². The van der Waals surface area contributed by atoms with Gasteiger partial charge >= 0.3 is 5.97 Å². The van der Waals surface area contributed by atoms with Crippen LogP contribution in [0.4, 0.5) is 0 Å². The van der Waals surface area contributed by atoms with Crippen LogP contribution >= 0.6 is 0 Å². The van der Waals surface area contributed by atoms with E-state index in [2.05, 4.69) is 5.32 Å². The lowest BCUT2D eigenvalue weighted by atomic mass is 10.1. The fourth-order valence-electron chi connectivity index (χ4n) is 1.35. The van der Waals surface area contributed by atoms with Crippen LogP contribution < -0.4 is 5.32 Å². The van der Waals surface area contributed by atoms with E-state index in [1.165, 1.54) is 12.3 Å². The Kier molecular flexibility index (Phi) is 4.53. The Labute approximate surface area is 106 Å². The van der Waals surface area contributed by atoms with Gasteiger partial charge in [-0.2, -0.15) is 0 Å². The van der Waals surface area contributed by atoms with E-state index in [1.54, 1.807) is 13.0 Å². The lowest BCUT2D eigenvalue weighted by molar-refractivity contribution is -0.131. The molecule has 0 spiro atoms. The Morgan fingerprint density at radius 2 is 2.11 bits per heavy atom. The van der Waals surface area contributed by atoms with Crippen LogP contribution in [0.1, 0.15) is 44.7 Å². The van der Waals surface area contributed by atoms with Crippen molar-refractivity contribution >= 4 is 11.9 Å². The number of esters is 1. The summed E-state index contributed by atoms with van der Waals surface area (Å²) in [5.74, 6) is -0.835. The van der Waals surface area contributed by atoms with Crippen molar-refractivity contribution in [2.24, 2.45) is 0 Å². The number of hydrogen-bond donors (Lipinski definition) is 1. The maximum Gasteiger partial charge on any atom is 0.374 e. The predicted octanol–water partition coefficient (Wildman–Crippen LogP) is 2.13. The third kappa shape index (κ3) is 4.24. The molecule has 0 saturated heterocycles. The van der Waals surface area contributed by atoms with Crippen LogP contribution in [0, 0.1) is 0 Å². The summed E-state index contributed by atoms with van der Waals surface area (Å²) in [5, 5.41) is 2.77. The van der Waals surface area contributed by atoms with E-state index in [9.17, 15) is 9.59 Å². The molecule has 5 nitrogen and oxygen atoms in total. The first-order valence-electron chi connectivity index (χ1n) is 5.90. The van der Waals surface area contributed by atoms with Crippen LogP contribution in [0.25, 0.3) is 0 Å². The molecule has 0 fully saturated rings. The SMILES string of the molecule is CC[C@@H](OC(=O)c1ccco1)C(=O)NC(C)(C)C. The Hall–Kier alpha value is -1.78. The van der Waals surface area contributed by atoms with Crippen LogP contribution in [0.2, 0.25) is 0 Å². The lowest BCUT2D eigenvalue weighted by Crippen LogP contribution is -2.47. The molecular weight excluding hydrogens is 234 g/mol. The smallest absolute Gasteiger partial charge is 0.374 e. The largest absolute Gasteiger partial charge is 0.457 e. The van der Waals surface area contributed by atoms with Gasteiger partial charge in [0.2, 0.25) is 5.76 Å². The molecule has 1 atom stereocenters. The molecule has 0 aliphatic carbocycles. The van der Waals surface area contributed by atoms with Crippen molar-refractivity contribution in [2.45, 2.75) is 45.8 Å². The molecule has 0 aliphatic rings. The summed E-state index contributed by atoms with van der Waals surface area (Å²) in [4.78, 5) is 23.5. The molecule has 0 radical (unpaired) electrons. The van der Waals surface area contributed by atoms with Gasteiger partial charge in [-0.1, -0.05) is 6.92 Å². The van der Waals surface area contributed by atoms with E-state index in [0.717, 1.165) is 0 Å². The molecule has 1 rings (SSSR count). The van der Waals surface area contributed by atoms with Crippen molar-refractivity contribution in [1.29, 1.82) is 0 Å². The highest BCUT2D eigenvalue weighted by Gasteiger charge is 2.26. The van der Waals surface area contributed by atoms with E-state index in [1.807, 2.05) is 20.8 Å². The van der Waals surface area contributed by atoms with E-state index >= 15 is 0 Å². The minimum absolute atomic E-state index is 0.0945. The zero-order valence-electron chi connectivity index (χ0n) is 11.1. The summed E-state index contributed by atoms with van der Waals surface area (Å²) in [6, 6.07) is 3.09. The van der Waals surface area contributed by atoms with E-state index in [-0.39, 0.29) is 17.2 Å². The van der Waals surface area contributed by atoms with Crippen molar-refractivity contribution in [3.05, 3.63) is 24.2 Å². The summed E-state index contributed by atoms with van der Waals surface area (Å²) in [6.45, 7) is 7.38. The first kappa shape index (κ1) is 14.3. The number of furan rings is 1. The highest BCUT2D eigenvalue weighted by Crippen LogP contribution is 2.09. The highest BCUT2D eigenvalue weighted by molar-refractivity contribution is 5.90. The topological polar surface area (TPSA) is 68.5 Å². The summed E-state index contributed by atoms with van der Waals surface area (Å²) < 4.78 is 10.0. The second kappa shape index (κ2) is 5.71. The second-order valence-corrected chi connectivity index (χ2v) is 5.02. The van der Waals surface area contributed by atoms with Crippen molar-refractivity contribution in [3.63, 3.8) is 0 Å². The molecule has 1 aromatic rings. The third-order valence-corrected chi connectivity index (χ3v) is 2.13. The highest BCUT2D eigenvalue weighted by atomic mass is 16.6. The van der Waals surface area contributed by atoms with Gasteiger partial charge in [0.05, 0.1) is 6.26 Å². The summed E-state index contributed by atoms with van der Waals surface area (Å²) in [7, 11) is 0. The number of carbonyl (C=O) groups is 2. The maximum atomic E-state index is 11.9. The molecule has 100 valence electrons. The number of ether oxygens (including phenoxy) is 1. The Morgan fingerprint density at radius 3 is 2.56 bits per heavy atom.